The van der Waals surface area contributed by atoms with E-state index in [9.17, 15) is 9.59 Å². The zero-order valence-electron chi connectivity index (χ0n) is 10.4. The molecule has 0 aliphatic heterocycles. The van der Waals surface area contributed by atoms with E-state index in [1.54, 1.807) is 0 Å². The molecule has 0 atom stereocenters. The second kappa shape index (κ2) is 5.26. The number of hydrogen-bond acceptors (Lipinski definition) is 6. The quantitative estimate of drug-likeness (QED) is 0.631. The number of nitrogens with one attached hydrogen (secondary N) is 2. The lowest BCUT2D eigenvalue weighted by Gasteiger charge is -2.08. The van der Waals surface area contributed by atoms with Crippen LogP contribution < -0.4 is 15.8 Å². The zero-order valence-corrected chi connectivity index (χ0v) is 10.4. The van der Waals surface area contributed by atoms with Crippen molar-refractivity contribution < 1.29 is 19.4 Å². The number of benzene rings is 1. The number of carbonyl (C=O) groups excluding carboxylic acids is 1. The van der Waals surface area contributed by atoms with Gasteiger partial charge in [-0.15, -0.1) is 5.10 Å². The van der Waals surface area contributed by atoms with Crippen LogP contribution in [0.5, 0.6) is 5.75 Å². The van der Waals surface area contributed by atoms with Crippen molar-refractivity contribution >= 4 is 23.5 Å². The number of carboxylic acids is 1. The highest BCUT2D eigenvalue weighted by Gasteiger charge is 2.16. The number of ether oxygens (including phenoxy) is 1. The average Bonchev–Trinajstić information content (AvgIpc) is 2.85. The first-order valence-electron chi connectivity index (χ1n) is 5.42. The fourth-order valence-corrected chi connectivity index (χ4v) is 1.49. The Balaban J connectivity index is 2.29. The first-order valence-corrected chi connectivity index (χ1v) is 5.42. The second-order valence-corrected chi connectivity index (χ2v) is 3.71. The number of hydrogen-bond donors (Lipinski definition) is 4. The van der Waals surface area contributed by atoms with E-state index in [2.05, 4.69) is 20.5 Å². The van der Waals surface area contributed by atoms with Gasteiger partial charge in [0, 0.05) is 0 Å². The second-order valence-electron chi connectivity index (χ2n) is 3.71. The fraction of sp³-hybridized carbons (Fsp3) is 0.0909. The van der Waals surface area contributed by atoms with Gasteiger partial charge >= 0.3 is 5.97 Å². The van der Waals surface area contributed by atoms with Crippen LogP contribution in [0.1, 0.15) is 21.0 Å². The number of methoxy groups -OCH3 is 1. The van der Waals surface area contributed by atoms with Gasteiger partial charge < -0.3 is 20.9 Å². The maximum Gasteiger partial charge on any atom is 0.337 e. The fourth-order valence-electron chi connectivity index (χ4n) is 1.49. The highest BCUT2D eigenvalue weighted by Crippen LogP contribution is 2.22. The van der Waals surface area contributed by atoms with Gasteiger partial charge in [0.2, 0.25) is 11.8 Å². The molecule has 0 saturated carbocycles. The van der Waals surface area contributed by atoms with E-state index in [4.69, 9.17) is 15.6 Å². The molecule has 0 aliphatic carbocycles. The third kappa shape index (κ3) is 2.66. The Morgan fingerprint density at radius 3 is 2.75 bits per heavy atom. The molecule has 0 unspecified atom stereocenters. The monoisotopic (exact) mass is 277 g/mol. The molecule has 0 aliphatic rings. The van der Waals surface area contributed by atoms with Gasteiger partial charge in [0.15, 0.2) is 0 Å². The molecule has 2 aromatic rings. The topological polar surface area (TPSA) is 143 Å². The molecule has 9 nitrogen and oxygen atoms in total. The Hall–Kier alpha value is -3.10. The smallest absolute Gasteiger partial charge is 0.337 e. The van der Waals surface area contributed by atoms with Crippen molar-refractivity contribution in [2.45, 2.75) is 0 Å². The van der Waals surface area contributed by atoms with Crippen LogP contribution >= 0.6 is 0 Å². The molecule has 9 heteroatoms. The van der Waals surface area contributed by atoms with E-state index in [0.717, 1.165) is 0 Å². The lowest BCUT2D eigenvalue weighted by Crippen LogP contribution is -2.16. The van der Waals surface area contributed by atoms with Gasteiger partial charge in [-0.3, -0.25) is 9.89 Å². The van der Waals surface area contributed by atoms with Crippen molar-refractivity contribution in [2.75, 3.05) is 18.2 Å². The summed E-state index contributed by atoms with van der Waals surface area (Å²) in [6.45, 7) is 0. The summed E-state index contributed by atoms with van der Waals surface area (Å²) in [6, 6.07) is 4.24. The molecule has 1 aromatic heterocycles. The Labute approximate surface area is 112 Å². The minimum absolute atomic E-state index is 0.0802. The van der Waals surface area contributed by atoms with Gasteiger partial charge in [-0.2, -0.15) is 4.98 Å². The first kappa shape index (κ1) is 13.3. The highest BCUT2D eigenvalue weighted by atomic mass is 16.5. The summed E-state index contributed by atoms with van der Waals surface area (Å²) in [6.07, 6.45) is 0. The summed E-state index contributed by atoms with van der Waals surface area (Å²) in [5.41, 5.74) is 5.28. The molecule has 0 fully saturated rings. The van der Waals surface area contributed by atoms with Crippen LogP contribution in [0.15, 0.2) is 18.2 Å². The van der Waals surface area contributed by atoms with Gasteiger partial charge in [-0.05, 0) is 18.2 Å². The van der Waals surface area contributed by atoms with Crippen molar-refractivity contribution in [2.24, 2.45) is 0 Å². The molecule has 1 amide bonds. The molecule has 0 radical (unpaired) electrons. The van der Waals surface area contributed by atoms with Crippen LogP contribution in [0.25, 0.3) is 0 Å². The van der Waals surface area contributed by atoms with Crippen molar-refractivity contribution in [3.8, 4) is 5.75 Å². The number of H-pyrrole nitrogens is 1. The maximum atomic E-state index is 11.8. The van der Waals surface area contributed by atoms with Gasteiger partial charge in [0.1, 0.15) is 5.75 Å². The van der Waals surface area contributed by atoms with Crippen molar-refractivity contribution in [1.82, 2.24) is 15.2 Å². The van der Waals surface area contributed by atoms with E-state index in [1.807, 2.05) is 0 Å². The molecule has 0 bridgehead atoms. The van der Waals surface area contributed by atoms with Crippen molar-refractivity contribution in [3.05, 3.63) is 29.6 Å². The molecule has 20 heavy (non-hydrogen) atoms. The normalized spacial score (nSPS) is 10.1. The highest BCUT2D eigenvalue weighted by molar-refractivity contribution is 6.06. The van der Waals surface area contributed by atoms with Gasteiger partial charge in [-0.1, -0.05) is 0 Å². The Morgan fingerprint density at radius 1 is 1.45 bits per heavy atom. The van der Waals surface area contributed by atoms with Crippen LogP contribution in [0, 0.1) is 0 Å². The summed E-state index contributed by atoms with van der Waals surface area (Å²) in [5, 5.41) is 17.4. The van der Waals surface area contributed by atoms with E-state index in [0.29, 0.717) is 5.75 Å². The van der Waals surface area contributed by atoms with Crippen LogP contribution in [0.4, 0.5) is 11.6 Å². The summed E-state index contributed by atoms with van der Waals surface area (Å²) >= 11 is 0. The number of carbonyl (C=O) groups is 2. The number of amides is 1. The molecule has 2 rings (SSSR count). The van der Waals surface area contributed by atoms with Crippen LogP contribution in [0.3, 0.4) is 0 Å². The maximum absolute atomic E-state index is 11.8. The van der Waals surface area contributed by atoms with E-state index >= 15 is 0 Å². The molecular weight excluding hydrogens is 266 g/mol. The van der Waals surface area contributed by atoms with Gasteiger partial charge in [0.25, 0.3) is 5.91 Å². The lowest BCUT2D eigenvalue weighted by molar-refractivity contribution is 0.0697. The van der Waals surface area contributed by atoms with Crippen LogP contribution in [-0.4, -0.2) is 39.3 Å². The predicted molar refractivity (Wildman–Crippen MR) is 68.7 cm³/mol. The predicted octanol–water partition coefficient (Wildman–Crippen LogP) is 0.346. The minimum atomic E-state index is -1.20. The number of carboxylic acid groups (broad SMARTS) is 1. The molecule has 104 valence electrons. The number of nitrogen functional groups attached to an aromatic ring is 1. The summed E-state index contributed by atoms with van der Waals surface area (Å²) in [4.78, 5) is 26.6. The average molecular weight is 277 g/mol. The number of aromatic nitrogens is 3. The van der Waals surface area contributed by atoms with E-state index in [-0.39, 0.29) is 23.0 Å². The van der Waals surface area contributed by atoms with E-state index in [1.165, 1.54) is 25.3 Å². The summed E-state index contributed by atoms with van der Waals surface area (Å²) in [7, 11) is 1.41. The number of anilines is 2. The number of aromatic carboxylic acids is 1. The van der Waals surface area contributed by atoms with Crippen molar-refractivity contribution in [1.29, 1.82) is 0 Å². The number of nitrogens with two attached hydrogens (primary N) is 1. The Bertz CT molecular complexity index is 667. The van der Waals surface area contributed by atoms with E-state index < -0.39 is 11.9 Å². The Kier molecular flexibility index (Phi) is 3.51. The molecule has 0 saturated heterocycles. The molecule has 1 heterocycles. The zero-order chi connectivity index (χ0) is 14.7. The summed E-state index contributed by atoms with van der Waals surface area (Å²) in [5.74, 6) is -1.68. The standard InChI is InChI=1S/C11H11N5O4/c1-20-5-2-3-7(6(4-5)10(18)19)13-9(17)8-14-11(12)16-15-8/h2-4H,1H3,(H,13,17)(H,18,19)(H3,12,14,15,16). The number of rotatable bonds is 4. The SMILES string of the molecule is COc1ccc(NC(=O)c2nc(N)n[nH]2)c(C(=O)O)c1. The molecule has 5 N–H and O–H groups in total. The Morgan fingerprint density at radius 2 is 2.20 bits per heavy atom. The van der Waals surface area contributed by atoms with Crippen molar-refractivity contribution in [3.63, 3.8) is 0 Å². The largest absolute Gasteiger partial charge is 0.497 e. The lowest BCUT2D eigenvalue weighted by atomic mass is 10.1. The third-order valence-corrected chi connectivity index (χ3v) is 2.42. The van der Waals surface area contributed by atoms with Gasteiger partial charge in [0.05, 0.1) is 18.4 Å². The van der Waals surface area contributed by atoms with Crippen LogP contribution in [0.2, 0.25) is 0 Å². The number of aromatic amines is 1. The molecule has 1 aromatic carbocycles. The van der Waals surface area contributed by atoms with Gasteiger partial charge in [-0.25, -0.2) is 4.79 Å². The molecule has 0 spiro atoms. The first-order chi connectivity index (χ1) is 9.51. The third-order valence-electron chi connectivity index (χ3n) is 2.42. The summed E-state index contributed by atoms with van der Waals surface area (Å²) < 4.78 is 4.93. The van der Waals surface area contributed by atoms with Crippen LogP contribution in [-0.2, 0) is 0 Å². The number of nitrogens with zero attached hydrogens (tertiary/aromatic N) is 2. The minimum Gasteiger partial charge on any atom is -0.497 e. The molecular formula is C11H11N5O4.